The lowest BCUT2D eigenvalue weighted by Gasteiger charge is -2.20. The zero-order chi connectivity index (χ0) is 12.0. The minimum atomic E-state index is -0.667. The third kappa shape index (κ3) is 6.76. The molecular weight excluding hydrogens is 194 g/mol. The summed E-state index contributed by atoms with van der Waals surface area (Å²) in [5, 5.41) is 5.19. The molecule has 5 heteroatoms. The van der Waals surface area contributed by atoms with Gasteiger partial charge in [-0.25, -0.2) is 4.79 Å². The normalized spacial score (nSPS) is 12.7. The van der Waals surface area contributed by atoms with Crippen molar-refractivity contribution in [1.82, 2.24) is 10.6 Å². The number of amides is 3. The highest BCUT2D eigenvalue weighted by molar-refractivity contribution is 5.86. The monoisotopic (exact) mass is 215 g/mol. The first kappa shape index (κ1) is 13.7. The summed E-state index contributed by atoms with van der Waals surface area (Å²) in [7, 11) is 0. The summed E-state index contributed by atoms with van der Waals surface area (Å²) in [5.74, 6) is 0.136. The molecule has 0 saturated carbocycles. The van der Waals surface area contributed by atoms with E-state index in [0.717, 1.165) is 0 Å². The van der Waals surface area contributed by atoms with Gasteiger partial charge in [0.1, 0.15) is 6.04 Å². The van der Waals surface area contributed by atoms with Gasteiger partial charge < -0.3 is 16.4 Å². The van der Waals surface area contributed by atoms with Gasteiger partial charge in [-0.05, 0) is 26.2 Å². The quantitative estimate of drug-likeness (QED) is 0.627. The summed E-state index contributed by atoms with van der Waals surface area (Å²) >= 11 is 0. The van der Waals surface area contributed by atoms with Gasteiger partial charge in [0.15, 0.2) is 0 Å². The van der Waals surface area contributed by atoms with E-state index in [1.165, 1.54) is 0 Å². The van der Waals surface area contributed by atoms with E-state index in [0.29, 0.717) is 12.3 Å². The molecule has 3 amide bonds. The summed E-state index contributed by atoms with van der Waals surface area (Å²) in [6.07, 6.45) is 0.585. The Morgan fingerprint density at radius 1 is 1.13 bits per heavy atom. The van der Waals surface area contributed by atoms with Crippen molar-refractivity contribution in [3.05, 3.63) is 0 Å². The summed E-state index contributed by atoms with van der Waals surface area (Å²) in [5.41, 5.74) is 5.01. The first-order chi connectivity index (χ1) is 6.82. The molecular formula is C10H21N3O2. The predicted molar refractivity (Wildman–Crippen MR) is 59.2 cm³/mol. The Morgan fingerprint density at radius 3 is 2.00 bits per heavy atom. The van der Waals surface area contributed by atoms with Crippen molar-refractivity contribution in [2.45, 2.75) is 46.2 Å². The first-order valence-corrected chi connectivity index (χ1v) is 5.19. The third-order valence-electron chi connectivity index (χ3n) is 1.77. The molecule has 0 bridgehead atoms. The Kier molecular flexibility index (Phi) is 5.74. The molecule has 1 atom stereocenters. The number of primary amides is 1. The summed E-state index contributed by atoms with van der Waals surface area (Å²) in [6.45, 7) is 7.71. The molecule has 0 aliphatic heterocycles. The average Bonchev–Trinajstić information content (AvgIpc) is 1.99. The number of hydrogen-bond donors (Lipinski definition) is 3. The fourth-order valence-corrected chi connectivity index (χ4v) is 1.26. The highest BCUT2D eigenvalue weighted by Crippen LogP contribution is 2.05. The second-order valence-corrected chi connectivity index (χ2v) is 4.35. The number of nitrogens with two attached hydrogens (primary N) is 1. The molecule has 0 aromatic rings. The van der Waals surface area contributed by atoms with E-state index >= 15 is 0 Å². The fraction of sp³-hybridized carbons (Fsp3) is 0.800. The number of carbonyl (C=O) groups is 2. The van der Waals surface area contributed by atoms with Crippen LogP contribution in [0.2, 0.25) is 0 Å². The number of hydrogen-bond acceptors (Lipinski definition) is 2. The molecule has 4 N–H and O–H groups in total. The number of nitrogens with one attached hydrogen (secondary N) is 2. The van der Waals surface area contributed by atoms with Crippen molar-refractivity contribution in [2.75, 3.05) is 0 Å². The van der Waals surface area contributed by atoms with Crippen LogP contribution >= 0.6 is 0 Å². The van der Waals surface area contributed by atoms with Gasteiger partial charge in [0, 0.05) is 6.04 Å². The lowest BCUT2D eigenvalue weighted by Crippen LogP contribution is -2.50. The molecule has 0 aromatic carbocycles. The van der Waals surface area contributed by atoms with Crippen molar-refractivity contribution in [1.29, 1.82) is 0 Å². The Balaban J connectivity index is 4.33. The number of carbonyl (C=O) groups excluding carboxylic acids is 2. The molecule has 0 radical (unpaired) electrons. The van der Waals surface area contributed by atoms with E-state index in [-0.39, 0.29) is 11.9 Å². The zero-order valence-electron chi connectivity index (χ0n) is 9.83. The molecule has 0 aliphatic carbocycles. The van der Waals surface area contributed by atoms with Crippen LogP contribution in [0.4, 0.5) is 4.79 Å². The van der Waals surface area contributed by atoms with Gasteiger partial charge in [-0.2, -0.15) is 0 Å². The molecule has 0 rings (SSSR count). The molecule has 0 saturated heterocycles. The number of rotatable bonds is 5. The van der Waals surface area contributed by atoms with Crippen LogP contribution in [-0.2, 0) is 4.79 Å². The van der Waals surface area contributed by atoms with Gasteiger partial charge in [-0.1, -0.05) is 13.8 Å². The van der Waals surface area contributed by atoms with Crippen LogP contribution in [0.1, 0.15) is 34.1 Å². The van der Waals surface area contributed by atoms with Crippen LogP contribution < -0.4 is 16.4 Å². The molecule has 0 heterocycles. The van der Waals surface area contributed by atoms with Crippen molar-refractivity contribution in [2.24, 2.45) is 11.7 Å². The van der Waals surface area contributed by atoms with Crippen LogP contribution in [0.5, 0.6) is 0 Å². The lowest BCUT2D eigenvalue weighted by atomic mass is 10.0. The van der Waals surface area contributed by atoms with E-state index < -0.39 is 12.1 Å². The highest BCUT2D eigenvalue weighted by Gasteiger charge is 2.21. The topological polar surface area (TPSA) is 84.2 Å². The maximum absolute atomic E-state index is 11.6. The predicted octanol–water partition coefficient (Wildman–Crippen LogP) is 0.594. The van der Waals surface area contributed by atoms with E-state index in [1.54, 1.807) is 0 Å². The van der Waals surface area contributed by atoms with Crippen LogP contribution in [-0.4, -0.2) is 24.0 Å². The van der Waals surface area contributed by atoms with E-state index in [4.69, 9.17) is 5.73 Å². The Hall–Kier alpha value is -1.26. The van der Waals surface area contributed by atoms with Crippen LogP contribution in [0.15, 0.2) is 0 Å². The summed E-state index contributed by atoms with van der Waals surface area (Å²) in [4.78, 5) is 22.4. The Bertz CT molecular complexity index is 227. The van der Waals surface area contributed by atoms with Crippen molar-refractivity contribution in [3.8, 4) is 0 Å². The summed E-state index contributed by atoms with van der Waals surface area (Å²) in [6, 6.07) is -1.15. The molecule has 15 heavy (non-hydrogen) atoms. The molecule has 0 fully saturated rings. The molecule has 88 valence electrons. The molecule has 5 nitrogen and oxygen atoms in total. The van der Waals surface area contributed by atoms with Crippen molar-refractivity contribution < 1.29 is 9.59 Å². The van der Waals surface area contributed by atoms with Gasteiger partial charge in [0.05, 0.1) is 0 Å². The van der Waals surface area contributed by atoms with Crippen LogP contribution in [0, 0.1) is 5.92 Å². The maximum Gasteiger partial charge on any atom is 0.312 e. The Labute approximate surface area is 90.8 Å². The van der Waals surface area contributed by atoms with Gasteiger partial charge in [-0.15, -0.1) is 0 Å². The highest BCUT2D eigenvalue weighted by atomic mass is 16.2. The van der Waals surface area contributed by atoms with Crippen LogP contribution in [0.3, 0.4) is 0 Å². The standard InChI is InChI=1S/C10H21N3O2/c1-6(2)5-8(13-10(11)15)9(14)12-7(3)4/h6-8H,5H2,1-4H3,(H,12,14)(H3,11,13,15). The van der Waals surface area contributed by atoms with Crippen molar-refractivity contribution in [3.63, 3.8) is 0 Å². The maximum atomic E-state index is 11.6. The zero-order valence-corrected chi connectivity index (χ0v) is 9.83. The second kappa shape index (κ2) is 6.27. The third-order valence-corrected chi connectivity index (χ3v) is 1.77. The van der Waals surface area contributed by atoms with E-state index in [9.17, 15) is 9.59 Å². The minimum absolute atomic E-state index is 0.0573. The lowest BCUT2D eigenvalue weighted by molar-refractivity contribution is -0.123. The largest absolute Gasteiger partial charge is 0.352 e. The van der Waals surface area contributed by atoms with Gasteiger partial charge in [0.25, 0.3) is 0 Å². The smallest absolute Gasteiger partial charge is 0.312 e. The Morgan fingerprint density at radius 2 is 1.67 bits per heavy atom. The van der Waals surface area contributed by atoms with Crippen molar-refractivity contribution >= 4 is 11.9 Å². The average molecular weight is 215 g/mol. The summed E-state index contributed by atoms with van der Waals surface area (Å²) < 4.78 is 0. The molecule has 0 aromatic heterocycles. The minimum Gasteiger partial charge on any atom is -0.352 e. The van der Waals surface area contributed by atoms with E-state index in [1.807, 2.05) is 27.7 Å². The van der Waals surface area contributed by atoms with E-state index in [2.05, 4.69) is 10.6 Å². The van der Waals surface area contributed by atoms with Gasteiger partial charge in [0.2, 0.25) is 5.91 Å². The second-order valence-electron chi connectivity index (χ2n) is 4.35. The van der Waals surface area contributed by atoms with Crippen LogP contribution in [0.25, 0.3) is 0 Å². The molecule has 1 unspecified atom stereocenters. The van der Waals surface area contributed by atoms with Gasteiger partial charge >= 0.3 is 6.03 Å². The SMILES string of the molecule is CC(C)CC(NC(N)=O)C(=O)NC(C)C. The fourth-order valence-electron chi connectivity index (χ4n) is 1.26. The first-order valence-electron chi connectivity index (χ1n) is 5.19. The number of urea groups is 1. The molecule has 0 spiro atoms. The molecule has 0 aliphatic rings. The van der Waals surface area contributed by atoms with Gasteiger partial charge in [-0.3, -0.25) is 4.79 Å².